The van der Waals surface area contributed by atoms with Crippen molar-refractivity contribution in [1.82, 2.24) is 0 Å². The first-order valence-electron chi connectivity index (χ1n) is 6.30. The van der Waals surface area contributed by atoms with Gasteiger partial charge in [-0.2, -0.15) is 0 Å². The smallest absolute Gasteiger partial charge is 0.122 e. The van der Waals surface area contributed by atoms with Crippen LogP contribution in [0.5, 0.6) is 5.75 Å². The Kier molecular flexibility index (Phi) is 3.94. The van der Waals surface area contributed by atoms with Gasteiger partial charge in [-0.15, -0.1) is 11.3 Å². The molecule has 3 rings (SSSR count). The molecule has 0 saturated heterocycles. The zero-order valence-electron chi connectivity index (χ0n) is 11.0. The number of nitrogens with one attached hydrogen (secondary N) is 1. The van der Waals surface area contributed by atoms with Crippen molar-refractivity contribution in [2.75, 3.05) is 12.4 Å². The van der Waals surface area contributed by atoms with Crippen LogP contribution in [0.4, 0.5) is 5.69 Å². The summed E-state index contributed by atoms with van der Waals surface area (Å²) < 4.78 is 7.61. The summed E-state index contributed by atoms with van der Waals surface area (Å²) in [7, 11) is 1.68. The van der Waals surface area contributed by atoms with Crippen LogP contribution in [-0.2, 0) is 6.54 Å². The Balaban J connectivity index is 1.81. The maximum absolute atomic E-state index is 5.28. The van der Waals surface area contributed by atoms with E-state index in [-0.39, 0.29) is 0 Å². The van der Waals surface area contributed by atoms with Gasteiger partial charge in [0.05, 0.1) is 7.11 Å². The van der Waals surface area contributed by atoms with Crippen LogP contribution in [0.3, 0.4) is 0 Å². The average Bonchev–Trinajstić information content (AvgIpc) is 2.88. The Morgan fingerprint density at radius 1 is 1.20 bits per heavy atom. The van der Waals surface area contributed by atoms with E-state index in [2.05, 4.69) is 57.0 Å². The molecule has 4 heteroatoms. The van der Waals surface area contributed by atoms with Gasteiger partial charge in [-0.3, -0.25) is 0 Å². The number of rotatable bonds is 4. The second kappa shape index (κ2) is 5.85. The van der Waals surface area contributed by atoms with Crippen LogP contribution in [0.1, 0.15) is 5.56 Å². The summed E-state index contributed by atoms with van der Waals surface area (Å²) in [5.74, 6) is 0.844. The van der Waals surface area contributed by atoms with E-state index in [4.69, 9.17) is 4.74 Å². The van der Waals surface area contributed by atoms with Crippen molar-refractivity contribution in [3.8, 4) is 5.75 Å². The van der Waals surface area contributed by atoms with Gasteiger partial charge in [0.25, 0.3) is 0 Å². The third-order valence-corrected chi connectivity index (χ3v) is 4.62. The SMILES string of the molecule is COc1cc(Br)cc(NCc2csc3ccccc23)c1. The molecule has 2 aromatic carbocycles. The highest BCUT2D eigenvalue weighted by Crippen LogP contribution is 2.28. The Morgan fingerprint density at radius 3 is 2.90 bits per heavy atom. The first-order valence-corrected chi connectivity index (χ1v) is 7.97. The summed E-state index contributed by atoms with van der Waals surface area (Å²) in [5, 5.41) is 6.99. The first kappa shape index (κ1) is 13.5. The summed E-state index contributed by atoms with van der Waals surface area (Å²) >= 11 is 5.28. The van der Waals surface area contributed by atoms with Crippen molar-refractivity contribution in [1.29, 1.82) is 0 Å². The highest BCUT2D eigenvalue weighted by molar-refractivity contribution is 9.10. The number of thiophene rings is 1. The molecule has 0 atom stereocenters. The van der Waals surface area contributed by atoms with Crippen LogP contribution in [-0.4, -0.2) is 7.11 Å². The number of halogens is 1. The summed E-state index contributed by atoms with van der Waals surface area (Å²) in [6, 6.07) is 14.5. The number of methoxy groups -OCH3 is 1. The molecule has 1 N–H and O–H groups in total. The topological polar surface area (TPSA) is 21.3 Å². The van der Waals surface area contributed by atoms with Crippen LogP contribution in [0.2, 0.25) is 0 Å². The second-order valence-corrected chi connectivity index (χ2v) is 6.32. The second-order valence-electron chi connectivity index (χ2n) is 4.49. The lowest BCUT2D eigenvalue weighted by Gasteiger charge is -2.09. The lowest BCUT2D eigenvalue weighted by atomic mass is 10.2. The molecule has 0 radical (unpaired) electrons. The van der Waals surface area contributed by atoms with Crippen molar-refractivity contribution in [2.45, 2.75) is 6.54 Å². The molecule has 0 spiro atoms. The maximum atomic E-state index is 5.28. The summed E-state index contributed by atoms with van der Waals surface area (Å²) in [6.45, 7) is 0.809. The number of hydrogen-bond donors (Lipinski definition) is 1. The predicted molar refractivity (Wildman–Crippen MR) is 89.8 cm³/mol. The Hall–Kier alpha value is -1.52. The van der Waals surface area contributed by atoms with Crippen molar-refractivity contribution >= 4 is 43.0 Å². The third kappa shape index (κ3) is 2.81. The van der Waals surface area contributed by atoms with Crippen molar-refractivity contribution in [2.24, 2.45) is 0 Å². The monoisotopic (exact) mass is 347 g/mol. The van der Waals surface area contributed by atoms with Gasteiger partial charge < -0.3 is 10.1 Å². The Morgan fingerprint density at radius 2 is 2.05 bits per heavy atom. The number of ether oxygens (including phenoxy) is 1. The third-order valence-electron chi connectivity index (χ3n) is 3.15. The molecule has 0 aliphatic heterocycles. The molecule has 0 aliphatic carbocycles. The summed E-state index contributed by atoms with van der Waals surface area (Å²) in [4.78, 5) is 0. The molecule has 0 amide bonds. The molecule has 20 heavy (non-hydrogen) atoms. The fourth-order valence-electron chi connectivity index (χ4n) is 2.15. The van der Waals surface area contributed by atoms with E-state index in [9.17, 15) is 0 Å². The van der Waals surface area contributed by atoms with Gasteiger partial charge in [0.2, 0.25) is 0 Å². The van der Waals surface area contributed by atoms with E-state index in [1.165, 1.54) is 15.6 Å². The number of hydrogen-bond acceptors (Lipinski definition) is 3. The fraction of sp³-hybridized carbons (Fsp3) is 0.125. The minimum Gasteiger partial charge on any atom is -0.497 e. The summed E-state index contributed by atoms with van der Waals surface area (Å²) in [5.41, 5.74) is 2.37. The van der Waals surface area contributed by atoms with Gasteiger partial charge in [-0.25, -0.2) is 0 Å². The van der Waals surface area contributed by atoms with Crippen LogP contribution in [0.15, 0.2) is 52.3 Å². The minimum absolute atomic E-state index is 0.809. The lowest BCUT2D eigenvalue weighted by molar-refractivity contribution is 0.414. The van der Waals surface area contributed by atoms with Crippen LogP contribution < -0.4 is 10.1 Å². The lowest BCUT2D eigenvalue weighted by Crippen LogP contribution is -1.99. The van der Waals surface area contributed by atoms with Crippen molar-refractivity contribution < 1.29 is 4.74 Å². The van der Waals surface area contributed by atoms with E-state index in [0.29, 0.717) is 0 Å². The highest BCUT2D eigenvalue weighted by Gasteiger charge is 2.04. The van der Waals surface area contributed by atoms with Gasteiger partial charge in [0.1, 0.15) is 5.75 Å². The van der Waals surface area contributed by atoms with Crippen LogP contribution in [0.25, 0.3) is 10.1 Å². The molecule has 102 valence electrons. The Bertz CT molecular complexity index is 738. The molecule has 3 aromatic rings. The highest BCUT2D eigenvalue weighted by atomic mass is 79.9. The zero-order chi connectivity index (χ0) is 13.9. The molecule has 0 fully saturated rings. The first-order chi connectivity index (χ1) is 9.76. The fourth-order valence-corrected chi connectivity index (χ4v) is 3.58. The van der Waals surface area contributed by atoms with Crippen LogP contribution >= 0.6 is 27.3 Å². The molecule has 0 bridgehead atoms. The average molecular weight is 348 g/mol. The van der Waals surface area contributed by atoms with Gasteiger partial charge in [-0.05, 0) is 34.5 Å². The van der Waals surface area contributed by atoms with Gasteiger partial charge in [0, 0.05) is 27.5 Å². The molecule has 0 saturated carbocycles. The molecule has 0 unspecified atom stereocenters. The molecule has 1 heterocycles. The van der Waals surface area contributed by atoms with E-state index >= 15 is 0 Å². The van der Waals surface area contributed by atoms with Crippen LogP contribution in [0, 0.1) is 0 Å². The molecular weight excluding hydrogens is 334 g/mol. The molecule has 2 nitrogen and oxygen atoms in total. The number of anilines is 1. The molecular formula is C16H14BrNOS. The van der Waals surface area contributed by atoms with Gasteiger partial charge >= 0.3 is 0 Å². The van der Waals surface area contributed by atoms with E-state index < -0.39 is 0 Å². The van der Waals surface area contributed by atoms with E-state index in [1.54, 1.807) is 18.4 Å². The van der Waals surface area contributed by atoms with Crippen molar-refractivity contribution in [3.63, 3.8) is 0 Å². The number of fused-ring (bicyclic) bond motifs is 1. The van der Waals surface area contributed by atoms with Crippen molar-refractivity contribution in [3.05, 3.63) is 57.9 Å². The maximum Gasteiger partial charge on any atom is 0.122 e. The minimum atomic E-state index is 0.809. The van der Waals surface area contributed by atoms with Gasteiger partial charge in [-0.1, -0.05) is 34.1 Å². The Labute approximate surface area is 130 Å². The van der Waals surface area contributed by atoms with E-state index in [1.807, 2.05) is 12.1 Å². The largest absolute Gasteiger partial charge is 0.497 e. The summed E-state index contributed by atoms with van der Waals surface area (Å²) in [6.07, 6.45) is 0. The molecule has 0 aliphatic rings. The standard InChI is InChI=1S/C16H14BrNOS/c1-19-14-7-12(17)6-13(8-14)18-9-11-10-20-16-5-3-2-4-15(11)16/h2-8,10,18H,9H2,1H3. The van der Waals surface area contributed by atoms with E-state index in [0.717, 1.165) is 22.5 Å². The molecule has 1 aromatic heterocycles. The quantitative estimate of drug-likeness (QED) is 0.692. The number of benzene rings is 2. The zero-order valence-corrected chi connectivity index (χ0v) is 13.4. The predicted octanol–water partition coefficient (Wildman–Crippen LogP) is 5.28. The normalized spacial score (nSPS) is 10.7. The van der Waals surface area contributed by atoms with Gasteiger partial charge in [0.15, 0.2) is 0 Å².